The van der Waals surface area contributed by atoms with Crippen molar-refractivity contribution in [2.45, 2.75) is 33.0 Å². The molecule has 2 aromatic carbocycles. The second-order valence-corrected chi connectivity index (χ2v) is 9.06. The molecule has 4 rings (SSSR count). The smallest absolute Gasteiger partial charge is 0.312 e. The lowest BCUT2D eigenvalue weighted by molar-refractivity contribution is -0.156. The van der Waals surface area contributed by atoms with Crippen molar-refractivity contribution in [1.82, 2.24) is 19.6 Å². The Kier molecular flexibility index (Phi) is 7.08. The lowest BCUT2D eigenvalue weighted by Gasteiger charge is -2.37. The largest absolute Gasteiger partial charge is 0.336 e. The molecule has 7 nitrogen and oxygen atoms in total. The highest BCUT2D eigenvalue weighted by molar-refractivity contribution is 6.35. The van der Waals surface area contributed by atoms with Crippen LogP contribution < -0.4 is 0 Å². The highest BCUT2D eigenvalue weighted by atomic mass is 16.2. The second-order valence-electron chi connectivity index (χ2n) is 9.06. The minimum absolute atomic E-state index is 0.0470. The summed E-state index contributed by atoms with van der Waals surface area (Å²) in [6, 6.07) is 17.6. The summed E-state index contributed by atoms with van der Waals surface area (Å²) in [4.78, 5) is 45.6. The zero-order valence-corrected chi connectivity index (χ0v) is 19.4. The standard InChI is InChI=1S/C26H32N4O3/c1-20(2)27-12-14-28(15-13-27)24(31)23-10-8-22(9-11-23)19-30-17-16-29(25(32)26(30)33)18-21-6-4-3-5-7-21/h3-11,20H,12-19H2,1-2H3. The van der Waals surface area contributed by atoms with E-state index < -0.39 is 11.8 Å². The molecule has 0 N–H and O–H groups in total. The van der Waals surface area contributed by atoms with Crippen LogP contribution in [-0.4, -0.2) is 82.6 Å². The molecule has 2 aliphatic heterocycles. The van der Waals surface area contributed by atoms with Gasteiger partial charge < -0.3 is 14.7 Å². The van der Waals surface area contributed by atoms with E-state index in [4.69, 9.17) is 0 Å². The number of carbonyl (C=O) groups is 3. The fourth-order valence-corrected chi connectivity index (χ4v) is 4.42. The van der Waals surface area contributed by atoms with Crippen LogP contribution in [0.5, 0.6) is 0 Å². The molecule has 2 heterocycles. The maximum absolute atomic E-state index is 12.9. The molecule has 33 heavy (non-hydrogen) atoms. The van der Waals surface area contributed by atoms with E-state index in [1.807, 2.05) is 59.5 Å². The number of rotatable bonds is 6. The molecule has 2 fully saturated rings. The van der Waals surface area contributed by atoms with Crippen LogP contribution in [-0.2, 0) is 22.7 Å². The van der Waals surface area contributed by atoms with E-state index in [9.17, 15) is 14.4 Å². The molecule has 2 saturated heterocycles. The van der Waals surface area contributed by atoms with E-state index in [1.165, 1.54) is 0 Å². The van der Waals surface area contributed by atoms with Gasteiger partial charge in [0.05, 0.1) is 0 Å². The first-order valence-electron chi connectivity index (χ1n) is 11.7. The monoisotopic (exact) mass is 448 g/mol. The molecular weight excluding hydrogens is 416 g/mol. The second kappa shape index (κ2) is 10.2. The molecule has 0 radical (unpaired) electrons. The van der Waals surface area contributed by atoms with Crippen molar-refractivity contribution in [3.63, 3.8) is 0 Å². The predicted octanol–water partition coefficient (Wildman–Crippen LogP) is 2.22. The molecule has 0 bridgehead atoms. The first-order chi connectivity index (χ1) is 15.9. The van der Waals surface area contributed by atoms with Crippen LogP contribution in [0.2, 0.25) is 0 Å². The zero-order valence-electron chi connectivity index (χ0n) is 19.4. The van der Waals surface area contributed by atoms with Crippen LogP contribution in [0.25, 0.3) is 0 Å². The quantitative estimate of drug-likeness (QED) is 0.636. The topological polar surface area (TPSA) is 64.2 Å². The van der Waals surface area contributed by atoms with Gasteiger partial charge in [0.2, 0.25) is 0 Å². The summed E-state index contributed by atoms with van der Waals surface area (Å²) < 4.78 is 0. The van der Waals surface area contributed by atoms with Crippen molar-refractivity contribution >= 4 is 17.7 Å². The summed E-state index contributed by atoms with van der Waals surface area (Å²) >= 11 is 0. The van der Waals surface area contributed by atoms with Crippen molar-refractivity contribution < 1.29 is 14.4 Å². The van der Waals surface area contributed by atoms with Gasteiger partial charge in [-0.15, -0.1) is 0 Å². The van der Waals surface area contributed by atoms with Crippen LogP contribution in [0.1, 0.15) is 35.3 Å². The van der Waals surface area contributed by atoms with Crippen molar-refractivity contribution in [3.8, 4) is 0 Å². The van der Waals surface area contributed by atoms with Crippen LogP contribution in [0, 0.1) is 0 Å². The highest BCUT2D eigenvalue weighted by Crippen LogP contribution is 2.16. The third kappa shape index (κ3) is 5.42. The van der Waals surface area contributed by atoms with Gasteiger partial charge in [0.1, 0.15) is 0 Å². The van der Waals surface area contributed by atoms with E-state index >= 15 is 0 Å². The van der Waals surface area contributed by atoms with Crippen molar-refractivity contribution in [2.75, 3.05) is 39.3 Å². The average molecular weight is 449 g/mol. The first-order valence-corrected chi connectivity index (χ1v) is 11.7. The fourth-order valence-electron chi connectivity index (χ4n) is 4.42. The zero-order chi connectivity index (χ0) is 23.4. The average Bonchev–Trinajstić information content (AvgIpc) is 2.84. The van der Waals surface area contributed by atoms with Crippen molar-refractivity contribution in [2.24, 2.45) is 0 Å². The molecule has 3 amide bonds. The Morgan fingerprint density at radius 2 is 1.24 bits per heavy atom. The van der Waals surface area contributed by atoms with Gasteiger partial charge in [0, 0.05) is 64.0 Å². The molecule has 0 aromatic heterocycles. The third-order valence-electron chi connectivity index (χ3n) is 6.52. The van der Waals surface area contributed by atoms with Gasteiger partial charge in [-0.05, 0) is 37.1 Å². The third-order valence-corrected chi connectivity index (χ3v) is 6.52. The molecule has 7 heteroatoms. The maximum Gasteiger partial charge on any atom is 0.312 e. The number of hydrogen-bond donors (Lipinski definition) is 0. The van der Waals surface area contributed by atoms with Crippen molar-refractivity contribution in [3.05, 3.63) is 71.3 Å². The number of benzene rings is 2. The lowest BCUT2D eigenvalue weighted by Crippen LogP contribution is -2.53. The van der Waals surface area contributed by atoms with Crippen LogP contribution in [0.15, 0.2) is 54.6 Å². The van der Waals surface area contributed by atoms with Crippen molar-refractivity contribution in [1.29, 1.82) is 0 Å². The molecule has 174 valence electrons. The molecule has 2 aliphatic rings. The highest BCUT2D eigenvalue weighted by Gasteiger charge is 2.32. The summed E-state index contributed by atoms with van der Waals surface area (Å²) in [7, 11) is 0. The van der Waals surface area contributed by atoms with Crippen LogP contribution >= 0.6 is 0 Å². The molecule has 0 spiro atoms. The minimum atomic E-state index is -0.472. The number of carbonyl (C=O) groups excluding carboxylic acids is 3. The molecular formula is C26H32N4O3. The fraction of sp³-hybridized carbons (Fsp3) is 0.423. The Morgan fingerprint density at radius 3 is 1.76 bits per heavy atom. The van der Waals surface area contributed by atoms with Gasteiger partial charge in [-0.25, -0.2) is 0 Å². The number of piperazine rings is 2. The Balaban J connectivity index is 1.31. The van der Waals surface area contributed by atoms with Gasteiger partial charge in [-0.3, -0.25) is 19.3 Å². The van der Waals surface area contributed by atoms with Gasteiger partial charge >= 0.3 is 11.8 Å². The van der Waals surface area contributed by atoms with E-state index in [-0.39, 0.29) is 5.91 Å². The van der Waals surface area contributed by atoms with E-state index in [0.717, 1.165) is 37.3 Å². The number of nitrogens with zero attached hydrogens (tertiary/aromatic N) is 4. The SMILES string of the molecule is CC(C)N1CCN(C(=O)c2ccc(CN3CCN(Cc4ccccc4)C(=O)C3=O)cc2)CC1. The van der Waals surface area contributed by atoms with E-state index in [1.54, 1.807) is 9.80 Å². The summed E-state index contributed by atoms with van der Waals surface area (Å²) in [5.41, 5.74) is 2.58. The Hall–Kier alpha value is -3.19. The van der Waals surface area contributed by atoms with Gasteiger partial charge in [-0.2, -0.15) is 0 Å². The molecule has 0 aliphatic carbocycles. The number of hydrogen-bond acceptors (Lipinski definition) is 4. The van der Waals surface area contributed by atoms with Crippen LogP contribution in [0.4, 0.5) is 0 Å². The molecule has 0 atom stereocenters. The maximum atomic E-state index is 12.9. The Bertz CT molecular complexity index is 982. The molecule has 0 saturated carbocycles. The van der Waals surface area contributed by atoms with Gasteiger partial charge in [0.15, 0.2) is 0 Å². The molecule has 0 unspecified atom stereocenters. The number of amides is 3. The summed E-state index contributed by atoms with van der Waals surface area (Å²) in [6.07, 6.45) is 0. The lowest BCUT2D eigenvalue weighted by atomic mass is 10.1. The van der Waals surface area contributed by atoms with E-state index in [0.29, 0.717) is 37.8 Å². The summed E-state index contributed by atoms with van der Waals surface area (Å²) in [5, 5.41) is 0. The Morgan fingerprint density at radius 1 is 0.727 bits per heavy atom. The summed E-state index contributed by atoms with van der Waals surface area (Å²) in [5.74, 6) is -0.886. The summed E-state index contributed by atoms with van der Waals surface area (Å²) in [6.45, 7) is 9.45. The normalized spacial score (nSPS) is 17.7. The molecule has 2 aromatic rings. The first kappa shape index (κ1) is 23.0. The predicted molar refractivity (Wildman–Crippen MR) is 126 cm³/mol. The van der Waals surface area contributed by atoms with Gasteiger partial charge in [-0.1, -0.05) is 42.5 Å². The Labute approximate surface area is 195 Å². The van der Waals surface area contributed by atoms with Gasteiger partial charge in [0.25, 0.3) is 5.91 Å². The van der Waals surface area contributed by atoms with Crippen LogP contribution in [0.3, 0.4) is 0 Å². The minimum Gasteiger partial charge on any atom is -0.336 e. The van der Waals surface area contributed by atoms with E-state index in [2.05, 4.69) is 18.7 Å².